The number of ether oxygens (including phenoxy) is 4. The van der Waals surface area contributed by atoms with E-state index >= 15 is 0 Å². The van der Waals surface area contributed by atoms with Crippen LogP contribution < -0.4 is 18.8 Å². The molecule has 0 bridgehead atoms. The van der Waals surface area contributed by atoms with Crippen LogP contribution in [0.25, 0.3) is 0 Å². The Hall–Kier alpha value is -3.36. The van der Waals surface area contributed by atoms with Crippen molar-refractivity contribution in [3.05, 3.63) is 47.5 Å². The van der Waals surface area contributed by atoms with Gasteiger partial charge in [-0.2, -0.15) is 0 Å². The fourth-order valence-electron chi connectivity index (χ4n) is 2.82. The Morgan fingerprint density at radius 2 is 1.03 bits per heavy atom. The summed E-state index contributed by atoms with van der Waals surface area (Å²) in [6.07, 6.45) is 0. The van der Waals surface area contributed by atoms with Crippen LogP contribution in [-0.4, -0.2) is 45.0 Å². The molecule has 0 heterocycles. The minimum absolute atomic E-state index is 0.227. The lowest BCUT2D eigenvalue weighted by atomic mass is 10.1. The first kappa shape index (κ1) is 25.9. The van der Waals surface area contributed by atoms with Gasteiger partial charge in [-0.05, 0) is 65.8 Å². The highest BCUT2D eigenvalue weighted by molar-refractivity contribution is 6.21. The molecule has 2 aromatic carbocycles. The molecule has 0 N–H and O–H groups in total. The summed E-state index contributed by atoms with van der Waals surface area (Å²) in [5, 5.41) is 0. The maximum absolute atomic E-state index is 12.5. The normalized spacial score (nSPS) is 11.3. The average molecular weight is 458 g/mol. The molecule has 0 radical (unpaired) electrons. The van der Waals surface area contributed by atoms with Crippen molar-refractivity contribution in [2.24, 2.45) is 0 Å². The molecule has 0 atom stereocenters. The average Bonchev–Trinajstić information content (AvgIpc) is 2.70. The van der Waals surface area contributed by atoms with Crippen LogP contribution in [0.15, 0.2) is 36.4 Å². The Morgan fingerprint density at radius 3 is 1.33 bits per heavy atom. The van der Waals surface area contributed by atoms with E-state index in [4.69, 9.17) is 28.3 Å². The minimum Gasteiger partial charge on any atom is -0.526 e. The van der Waals surface area contributed by atoms with Gasteiger partial charge in [0, 0.05) is 0 Å². The van der Waals surface area contributed by atoms with Gasteiger partial charge >= 0.3 is 19.6 Å². The maximum atomic E-state index is 12.5. The Labute approximate surface area is 195 Å². The molecule has 0 unspecified atom stereocenters. The predicted molar refractivity (Wildman–Crippen MR) is 125 cm³/mol. The van der Waals surface area contributed by atoms with Crippen molar-refractivity contribution in [1.82, 2.24) is 0 Å². The molecular weight excluding hydrogens is 427 g/mol. The first-order valence-electron chi connectivity index (χ1n) is 10.4. The lowest BCUT2D eigenvalue weighted by Crippen LogP contribution is -2.24. The van der Waals surface area contributed by atoms with E-state index in [1.807, 2.05) is 0 Å². The summed E-state index contributed by atoms with van der Waals surface area (Å²) in [5.74, 6) is -0.0178. The van der Waals surface area contributed by atoms with E-state index < -0.39 is 23.1 Å². The third kappa shape index (κ3) is 7.34. The first-order chi connectivity index (χ1) is 15.4. The molecule has 0 fully saturated rings. The van der Waals surface area contributed by atoms with Crippen LogP contribution in [-0.2, 0) is 9.47 Å². The van der Waals surface area contributed by atoms with E-state index in [9.17, 15) is 9.59 Å². The van der Waals surface area contributed by atoms with Crippen LogP contribution >= 0.6 is 0 Å². The quantitative estimate of drug-likeness (QED) is 0.427. The number of methoxy groups -OCH3 is 2. The number of esters is 2. The summed E-state index contributed by atoms with van der Waals surface area (Å²) in [5.41, 5.74) is -0.848. The second-order valence-electron chi connectivity index (χ2n) is 9.08. The summed E-state index contributed by atoms with van der Waals surface area (Å²) in [4.78, 5) is 25.0. The molecule has 0 saturated heterocycles. The molecule has 9 heteroatoms. The summed E-state index contributed by atoms with van der Waals surface area (Å²) in [7, 11) is 2.64. The largest absolute Gasteiger partial charge is 0.576 e. The monoisotopic (exact) mass is 458 g/mol. The van der Waals surface area contributed by atoms with Gasteiger partial charge < -0.3 is 28.3 Å². The molecule has 178 valence electrons. The molecule has 0 saturated carbocycles. The molecule has 2 rings (SSSR count). The minimum atomic E-state index is -0.655. The Morgan fingerprint density at radius 1 is 0.667 bits per heavy atom. The van der Waals surface area contributed by atoms with E-state index in [-0.39, 0.29) is 30.3 Å². The van der Waals surface area contributed by atoms with E-state index in [1.54, 1.807) is 77.9 Å². The second kappa shape index (κ2) is 10.5. The Bertz CT molecular complexity index is 909. The van der Waals surface area contributed by atoms with Crippen LogP contribution in [0.4, 0.5) is 0 Å². The third-order valence-electron chi connectivity index (χ3n) is 4.03. The maximum Gasteiger partial charge on any atom is 0.576 e. The molecule has 0 spiro atoms. The SMILES string of the molecule is COc1c(OBOc2cccc(C(=O)OC(C)(C)C)c2OC)cccc1C(=O)OC(C)(C)C. The van der Waals surface area contributed by atoms with E-state index in [2.05, 4.69) is 0 Å². The lowest BCUT2D eigenvalue weighted by molar-refractivity contribution is 0.00535. The van der Waals surface area contributed by atoms with Crippen molar-refractivity contribution in [2.45, 2.75) is 52.7 Å². The van der Waals surface area contributed by atoms with Crippen LogP contribution in [0, 0.1) is 0 Å². The molecular formula is C24H31BO8. The van der Waals surface area contributed by atoms with Crippen molar-refractivity contribution in [2.75, 3.05) is 14.2 Å². The zero-order valence-corrected chi connectivity index (χ0v) is 20.4. The number of carbonyl (C=O) groups excluding carboxylic acids is 2. The van der Waals surface area contributed by atoms with E-state index in [0.29, 0.717) is 11.5 Å². The first-order valence-corrected chi connectivity index (χ1v) is 10.4. The molecule has 33 heavy (non-hydrogen) atoms. The zero-order valence-electron chi connectivity index (χ0n) is 20.4. The number of benzene rings is 2. The highest BCUT2D eigenvalue weighted by Gasteiger charge is 2.25. The van der Waals surface area contributed by atoms with Gasteiger partial charge in [-0.25, -0.2) is 9.59 Å². The van der Waals surface area contributed by atoms with Crippen molar-refractivity contribution in [1.29, 1.82) is 0 Å². The standard InChI is InChI=1S/C24H31BO8/c1-23(2,3)30-21(26)15-11-9-13-17(19(15)28-7)32-25-33-18-14-10-12-16(20(18)29-8)22(27)31-24(4,5)6/h9-14,25H,1-8H3. The molecule has 2 aromatic rings. The highest BCUT2D eigenvalue weighted by atomic mass is 16.6. The van der Waals surface area contributed by atoms with Gasteiger partial charge in [-0.3, -0.25) is 0 Å². The summed E-state index contributed by atoms with van der Waals surface area (Å²) >= 11 is 0. The highest BCUT2D eigenvalue weighted by Crippen LogP contribution is 2.34. The van der Waals surface area contributed by atoms with Gasteiger partial charge in [0.05, 0.1) is 14.2 Å². The fourth-order valence-corrected chi connectivity index (χ4v) is 2.82. The van der Waals surface area contributed by atoms with Gasteiger partial charge in [-0.1, -0.05) is 12.1 Å². The van der Waals surface area contributed by atoms with Crippen molar-refractivity contribution < 1.29 is 37.8 Å². The number of rotatable bonds is 8. The topological polar surface area (TPSA) is 89.5 Å². The number of carbonyl (C=O) groups is 2. The van der Waals surface area contributed by atoms with Crippen molar-refractivity contribution >= 4 is 19.6 Å². The number of hydrogen-bond acceptors (Lipinski definition) is 8. The van der Waals surface area contributed by atoms with Gasteiger partial charge in [0.25, 0.3) is 0 Å². The van der Waals surface area contributed by atoms with E-state index in [1.165, 1.54) is 14.2 Å². The molecule has 0 aliphatic carbocycles. The van der Waals surface area contributed by atoms with Gasteiger partial charge in [0.2, 0.25) is 0 Å². The predicted octanol–water partition coefficient (Wildman–Crippen LogP) is 4.34. The molecule has 8 nitrogen and oxygen atoms in total. The van der Waals surface area contributed by atoms with Crippen molar-refractivity contribution in [3.63, 3.8) is 0 Å². The zero-order chi connectivity index (χ0) is 24.8. The van der Waals surface area contributed by atoms with Gasteiger partial charge in [0.1, 0.15) is 33.8 Å². The molecule has 0 aliphatic rings. The van der Waals surface area contributed by atoms with Crippen molar-refractivity contribution in [3.8, 4) is 23.0 Å². The Kier molecular flexibility index (Phi) is 8.25. The van der Waals surface area contributed by atoms with Crippen LogP contribution in [0.5, 0.6) is 23.0 Å². The number of para-hydroxylation sites is 2. The molecule has 0 aromatic heterocycles. The van der Waals surface area contributed by atoms with Crippen LogP contribution in [0.1, 0.15) is 62.3 Å². The Balaban J connectivity index is 2.19. The lowest BCUT2D eigenvalue weighted by Gasteiger charge is -2.21. The van der Waals surface area contributed by atoms with E-state index in [0.717, 1.165) is 0 Å². The van der Waals surface area contributed by atoms with Crippen LogP contribution in [0.3, 0.4) is 0 Å². The number of hydrogen-bond donors (Lipinski definition) is 0. The smallest absolute Gasteiger partial charge is 0.526 e. The summed E-state index contributed by atoms with van der Waals surface area (Å²) in [6, 6.07) is 9.78. The van der Waals surface area contributed by atoms with Crippen LogP contribution in [0.2, 0.25) is 0 Å². The second-order valence-corrected chi connectivity index (χ2v) is 9.08. The van der Waals surface area contributed by atoms with Gasteiger partial charge in [0.15, 0.2) is 11.5 Å². The molecule has 0 amide bonds. The van der Waals surface area contributed by atoms with Gasteiger partial charge in [-0.15, -0.1) is 0 Å². The fraction of sp³-hybridized carbons (Fsp3) is 0.417. The summed E-state index contributed by atoms with van der Waals surface area (Å²) < 4.78 is 33.1. The third-order valence-corrected chi connectivity index (χ3v) is 4.03. The molecule has 0 aliphatic heterocycles. The summed E-state index contributed by atoms with van der Waals surface area (Å²) in [6.45, 7) is 10.7.